The second kappa shape index (κ2) is 3.14. The van der Waals surface area contributed by atoms with Crippen LogP contribution in [0.2, 0.25) is 0 Å². The largest absolute Gasteiger partial charge is 0.390 e. The van der Waals surface area contributed by atoms with Gasteiger partial charge in [-0.3, -0.25) is 0 Å². The van der Waals surface area contributed by atoms with Gasteiger partial charge in [0.25, 0.3) is 0 Å². The molecule has 1 heterocycles. The summed E-state index contributed by atoms with van der Waals surface area (Å²) in [4.78, 5) is 4.78. The summed E-state index contributed by atoms with van der Waals surface area (Å²) in [5.74, 6) is 0. The fourth-order valence-electron chi connectivity index (χ4n) is 0.628. The molecule has 3 nitrogen and oxygen atoms in total. The average Bonchev–Trinajstić information content (AvgIpc) is 1.91. The number of allylic oxidation sites excluding steroid dienone is 2. The molecule has 1 aliphatic heterocycles. The van der Waals surface area contributed by atoms with Crippen molar-refractivity contribution in [1.82, 2.24) is 5.48 Å². The quantitative estimate of drug-likeness (QED) is 0.558. The van der Waals surface area contributed by atoms with E-state index in [-0.39, 0.29) is 0 Å². The second-order valence-electron chi connectivity index (χ2n) is 1.78. The molecular weight excluding hydrogens is 116 g/mol. The minimum Gasteiger partial charge on any atom is -0.390 e. The van der Waals surface area contributed by atoms with Crippen molar-refractivity contribution in [1.29, 1.82) is 0 Å². The first-order valence-electron chi connectivity index (χ1n) is 2.91. The molecule has 0 atom stereocenters. The molecule has 1 rings (SSSR count). The Labute approximate surface area is 54.1 Å². The van der Waals surface area contributed by atoms with Crippen LogP contribution < -0.4 is 11.2 Å². The highest BCUT2D eigenvalue weighted by Crippen LogP contribution is 1.99. The summed E-state index contributed by atoms with van der Waals surface area (Å²) in [6.45, 7) is 0.649. The summed E-state index contributed by atoms with van der Waals surface area (Å²) in [5.41, 5.74) is 9.04. The van der Waals surface area contributed by atoms with Gasteiger partial charge in [0.2, 0.25) is 0 Å². The molecule has 0 aromatic heterocycles. The molecule has 0 amide bonds. The molecule has 0 bridgehead atoms. The molecule has 0 unspecified atom stereocenters. The van der Waals surface area contributed by atoms with Crippen molar-refractivity contribution >= 4 is 0 Å². The van der Waals surface area contributed by atoms with E-state index in [0.29, 0.717) is 6.54 Å². The zero-order valence-electron chi connectivity index (χ0n) is 5.13. The van der Waals surface area contributed by atoms with E-state index in [1.54, 1.807) is 6.26 Å². The van der Waals surface area contributed by atoms with Crippen LogP contribution in [-0.2, 0) is 4.84 Å². The topological polar surface area (TPSA) is 47.3 Å². The van der Waals surface area contributed by atoms with Crippen molar-refractivity contribution in [2.75, 3.05) is 6.54 Å². The van der Waals surface area contributed by atoms with Crippen LogP contribution in [0.4, 0.5) is 0 Å². The highest BCUT2D eigenvalue weighted by Gasteiger charge is 1.94. The van der Waals surface area contributed by atoms with Crippen molar-refractivity contribution in [3.05, 3.63) is 24.1 Å². The number of nitrogens with two attached hydrogens (primary N) is 1. The van der Waals surface area contributed by atoms with Gasteiger partial charge in [-0.2, -0.15) is 0 Å². The molecule has 3 heteroatoms. The van der Waals surface area contributed by atoms with Crippen molar-refractivity contribution in [2.45, 2.75) is 6.42 Å². The van der Waals surface area contributed by atoms with E-state index in [1.165, 1.54) is 0 Å². The molecule has 0 aromatic rings. The zero-order valence-corrected chi connectivity index (χ0v) is 5.13. The Morgan fingerprint density at radius 3 is 3.11 bits per heavy atom. The Balaban J connectivity index is 2.38. The van der Waals surface area contributed by atoms with Gasteiger partial charge in [-0.05, 0) is 18.7 Å². The normalized spacial score (nSPS) is 15.9. The van der Waals surface area contributed by atoms with Gasteiger partial charge < -0.3 is 10.6 Å². The van der Waals surface area contributed by atoms with Crippen LogP contribution in [0.25, 0.3) is 0 Å². The molecule has 3 N–H and O–H groups in total. The smallest absolute Gasteiger partial charge is 0.119 e. The van der Waals surface area contributed by atoms with Crippen LogP contribution in [-0.4, -0.2) is 6.54 Å². The molecule has 1 aliphatic rings. The maximum atomic E-state index is 5.30. The molecule has 0 spiro atoms. The van der Waals surface area contributed by atoms with Gasteiger partial charge in [0.1, 0.15) is 6.26 Å². The lowest BCUT2D eigenvalue weighted by atomic mass is 10.3. The molecule has 0 aromatic carbocycles. The van der Waals surface area contributed by atoms with Crippen molar-refractivity contribution in [3.63, 3.8) is 0 Å². The minimum absolute atomic E-state index is 0.649. The molecule has 0 fully saturated rings. The van der Waals surface area contributed by atoms with Gasteiger partial charge in [0.05, 0.1) is 5.70 Å². The summed E-state index contributed by atoms with van der Waals surface area (Å²) < 4.78 is 0. The van der Waals surface area contributed by atoms with Crippen LogP contribution in [0.3, 0.4) is 0 Å². The van der Waals surface area contributed by atoms with Gasteiger partial charge in [-0.1, -0.05) is 0 Å². The molecule has 0 saturated heterocycles. The molecule has 0 saturated carbocycles. The van der Waals surface area contributed by atoms with E-state index in [2.05, 4.69) is 5.48 Å². The van der Waals surface area contributed by atoms with Crippen LogP contribution in [0, 0.1) is 0 Å². The van der Waals surface area contributed by atoms with E-state index >= 15 is 0 Å². The number of rotatable bonds is 2. The molecule has 50 valence electrons. The lowest BCUT2D eigenvalue weighted by molar-refractivity contribution is 0.156. The average molecular weight is 126 g/mol. The lowest BCUT2D eigenvalue weighted by Crippen LogP contribution is -2.15. The number of hydroxylamine groups is 1. The predicted molar refractivity (Wildman–Crippen MR) is 35.1 cm³/mol. The van der Waals surface area contributed by atoms with Crippen molar-refractivity contribution < 1.29 is 4.84 Å². The van der Waals surface area contributed by atoms with Gasteiger partial charge >= 0.3 is 0 Å². The third kappa shape index (κ3) is 1.77. The first kappa shape index (κ1) is 6.16. The van der Waals surface area contributed by atoms with Crippen molar-refractivity contribution in [2.24, 2.45) is 5.73 Å². The second-order valence-corrected chi connectivity index (χ2v) is 1.78. The maximum absolute atomic E-state index is 5.30. The van der Waals surface area contributed by atoms with E-state index in [1.807, 2.05) is 12.2 Å². The standard InChI is InChI=1S/C6H10N2O/c7-4-3-6-2-1-5-9-8-6/h1-2,5,8H,3-4,7H2. The third-order valence-electron chi connectivity index (χ3n) is 1.05. The number of hydrogen-bond acceptors (Lipinski definition) is 3. The number of nitrogens with one attached hydrogen (secondary N) is 1. The van der Waals surface area contributed by atoms with Crippen LogP contribution in [0.5, 0.6) is 0 Å². The van der Waals surface area contributed by atoms with Gasteiger partial charge in [0, 0.05) is 6.42 Å². The molecule has 9 heavy (non-hydrogen) atoms. The van der Waals surface area contributed by atoms with Crippen LogP contribution in [0.1, 0.15) is 6.42 Å². The summed E-state index contributed by atoms with van der Waals surface area (Å²) in [6.07, 6.45) is 6.20. The summed E-state index contributed by atoms with van der Waals surface area (Å²) >= 11 is 0. The van der Waals surface area contributed by atoms with Gasteiger partial charge in [0.15, 0.2) is 0 Å². The predicted octanol–water partition coefficient (Wildman–Crippen LogP) is 0.268. The van der Waals surface area contributed by atoms with E-state index < -0.39 is 0 Å². The molecule has 0 aliphatic carbocycles. The van der Waals surface area contributed by atoms with E-state index in [0.717, 1.165) is 12.1 Å². The Morgan fingerprint density at radius 1 is 1.67 bits per heavy atom. The summed E-state index contributed by atoms with van der Waals surface area (Å²) in [5, 5.41) is 0. The third-order valence-corrected chi connectivity index (χ3v) is 1.05. The lowest BCUT2D eigenvalue weighted by Gasteiger charge is -2.09. The Bertz CT molecular complexity index is 140. The van der Waals surface area contributed by atoms with Gasteiger partial charge in [-0.15, -0.1) is 0 Å². The van der Waals surface area contributed by atoms with Crippen LogP contribution in [0.15, 0.2) is 24.1 Å². The highest BCUT2D eigenvalue weighted by molar-refractivity contribution is 5.11. The first-order chi connectivity index (χ1) is 4.43. The molecule has 0 radical (unpaired) electrons. The monoisotopic (exact) mass is 126 g/mol. The maximum Gasteiger partial charge on any atom is 0.119 e. The van der Waals surface area contributed by atoms with Crippen molar-refractivity contribution in [3.8, 4) is 0 Å². The summed E-state index contributed by atoms with van der Waals surface area (Å²) in [7, 11) is 0. The fraction of sp³-hybridized carbons (Fsp3) is 0.333. The minimum atomic E-state index is 0.649. The molecular formula is C6H10N2O. The van der Waals surface area contributed by atoms with Gasteiger partial charge in [-0.25, -0.2) is 5.48 Å². The van der Waals surface area contributed by atoms with E-state index in [4.69, 9.17) is 10.6 Å². The highest BCUT2D eigenvalue weighted by atomic mass is 16.6. The van der Waals surface area contributed by atoms with Crippen LogP contribution >= 0.6 is 0 Å². The zero-order chi connectivity index (χ0) is 6.53. The summed E-state index contributed by atoms with van der Waals surface area (Å²) in [6, 6.07) is 0. The Kier molecular flexibility index (Phi) is 2.15. The Morgan fingerprint density at radius 2 is 2.56 bits per heavy atom. The number of hydrogen-bond donors (Lipinski definition) is 2. The Hall–Kier alpha value is -0.960. The van der Waals surface area contributed by atoms with E-state index in [9.17, 15) is 0 Å². The SMILES string of the molecule is NCCC1=CC=CON1. The first-order valence-corrected chi connectivity index (χ1v) is 2.91. The fourth-order valence-corrected chi connectivity index (χ4v) is 0.628.